The maximum Gasteiger partial charge on any atom is 0.169 e. The molecule has 0 saturated heterocycles. The van der Waals surface area contributed by atoms with Gasteiger partial charge in [0.1, 0.15) is 0 Å². The maximum atomic E-state index is 12.6. The Labute approximate surface area is 126 Å². The smallest absolute Gasteiger partial charge is 0.169 e. The van der Waals surface area contributed by atoms with E-state index in [2.05, 4.69) is 12.2 Å². The number of Topliss-reactive ketones (excluding diaryl/α,β-unsaturated/α-hetero) is 1. The van der Waals surface area contributed by atoms with Gasteiger partial charge in [-0.1, -0.05) is 67.6 Å². The fraction of sp³-hybridized carbons (Fsp3) is 0.211. The van der Waals surface area contributed by atoms with Crippen LogP contribution in [0.4, 0.5) is 0 Å². The van der Waals surface area contributed by atoms with Gasteiger partial charge < -0.3 is 5.32 Å². The third-order valence-corrected chi connectivity index (χ3v) is 3.23. The molecule has 0 heterocycles. The molecule has 0 bridgehead atoms. The van der Waals surface area contributed by atoms with Crippen molar-refractivity contribution in [2.75, 3.05) is 6.54 Å². The number of carbonyl (C=O) groups is 1. The lowest BCUT2D eigenvalue weighted by Gasteiger charge is -2.08. The fourth-order valence-electron chi connectivity index (χ4n) is 2.14. The van der Waals surface area contributed by atoms with Crippen LogP contribution in [-0.4, -0.2) is 12.3 Å². The van der Waals surface area contributed by atoms with Crippen LogP contribution >= 0.6 is 0 Å². The highest BCUT2D eigenvalue weighted by atomic mass is 16.1. The molecule has 2 heteroatoms. The molecule has 0 aliphatic rings. The molecule has 0 spiro atoms. The number of carbonyl (C=O) groups excluding carboxylic acids is 1. The van der Waals surface area contributed by atoms with Crippen LogP contribution in [0.2, 0.25) is 0 Å². The van der Waals surface area contributed by atoms with Gasteiger partial charge in [0.15, 0.2) is 5.78 Å². The van der Waals surface area contributed by atoms with Gasteiger partial charge in [0.05, 0.1) is 0 Å². The molecule has 0 radical (unpaired) electrons. The van der Waals surface area contributed by atoms with Gasteiger partial charge in [0, 0.05) is 24.7 Å². The van der Waals surface area contributed by atoms with E-state index in [1.807, 2.05) is 66.9 Å². The molecule has 0 atom stereocenters. The molecule has 21 heavy (non-hydrogen) atoms. The first-order valence-electron chi connectivity index (χ1n) is 7.37. The van der Waals surface area contributed by atoms with Crippen molar-refractivity contribution in [2.45, 2.75) is 19.8 Å². The molecule has 0 unspecified atom stereocenters. The van der Waals surface area contributed by atoms with Crippen LogP contribution in [0.15, 0.2) is 66.9 Å². The van der Waals surface area contributed by atoms with Crippen LogP contribution in [0, 0.1) is 0 Å². The predicted molar refractivity (Wildman–Crippen MR) is 87.9 cm³/mol. The molecule has 0 aliphatic heterocycles. The molecule has 0 fully saturated rings. The average Bonchev–Trinajstić information content (AvgIpc) is 2.53. The molecule has 2 rings (SSSR count). The van der Waals surface area contributed by atoms with Crippen LogP contribution < -0.4 is 5.32 Å². The molecule has 108 valence electrons. The second-order valence-corrected chi connectivity index (χ2v) is 4.96. The number of benzene rings is 2. The summed E-state index contributed by atoms with van der Waals surface area (Å²) in [5.74, 6) is 0.135. The molecule has 0 aromatic heterocycles. The normalized spacial score (nSPS) is 11.2. The lowest BCUT2D eigenvalue weighted by Crippen LogP contribution is -2.12. The standard InChI is InChI=1S/C19H21NO/c1-2-13-20-15-18(17-11-7-4-8-12-17)19(21)14-16-9-5-3-6-10-16/h3-12,15,20H,2,13-14H2,1H3. The summed E-state index contributed by atoms with van der Waals surface area (Å²) < 4.78 is 0. The third-order valence-electron chi connectivity index (χ3n) is 3.23. The molecule has 0 amide bonds. The number of rotatable bonds is 7. The van der Waals surface area contributed by atoms with Crippen LogP contribution in [-0.2, 0) is 11.2 Å². The van der Waals surface area contributed by atoms with Gasteiger partial charge in [0.2, 0.25) is 0 Å². The zero-order chi connectivity index (χ0) is 14.9. The molecule has 2 aromatic rings. The number of ketones is 1. The van der Waals surface area contributed by atoms with Crippen LogP contribution in [0.1, 0.15) is 24.5 Å². The van der Waals surface area contributed by atoms with Crippen molar-refractivity contribution in [1.29, 1.82) is 0 Å². The highest BCUT2D eigenvalue weighted by molar-refractivity contribution is 6.21. The summed E-state index contributed by atoms with van der Waals surface area (Å²) in [6.45, 7) is 2.98. The molecule has 0 aliphatic carbocycles. The van der Waals surface area contributed by atoms with E-state index in [4.69, 9.17) is 0 Å². The highest BCUT2D eigenvalue weighted by Gasteiger charge is 2.12. The van der Waals surface area contributed by atoms with Gasteiger partial charge in [-0.25, -0.2) is 0 Å². The van der Waals surface area contributed by atoms with E-state index in [1.165, 1.54) is 0 Å². The van der Waals surface area contributed by atoms with E-state index in [9.17, 15) is 4.79 Å². The zero-order valence-electron chi connectivity index (χ0n) is 12.4. The second-order valence-electron chi connectivity index (χ2n) is 4.96. The summed E-state index contributed by atoms with van der Waals surface area (Å²) in [5.41, 5.74) is 2.75. The number of hydrogen-bond acceptors (Lipinski definition) is 2. The van der Waals surface area contributed by atoms with Crippen LogP contribution in [0.3, 0.4) is 0 Å². The van der Waals surface area contributed by atoms with Gasteiger partial charge in [-0.05, 0) is 17.5 Å². The molecule has 1 N–H and O–H groups in total. The quantitative estimate of drug-likeness (QED) is 0.616. The van der Waals surface area contributed by atoms with Crippen molar-refractivity contribution in [3.8, 4) is 0 Å². The summed E-state index contributed by atoms with van der Waals surface area (Å²) in [6, 6.07) is 19.7. The van der Waals surface area contributed by atoms with E-state index in [0.717, 1.165) is 29.7 Å². The lowest BCUT2D eigenvalue weighted by molar-refractivity contribution is -0.113. The monoisotopic (exact) mass is 279 g/mol. The lowest BCUT2D eigenvalue weighted by atomic mass is 9.98. The summed E-state index contributed by atoms with van der Waals surface area (Å²) >= 11 is 0. The first-order valence-corrected chi connectivity index (χ1v) is 7.37. The Kier molecular flexibility index (Phi) is 5.77. The predicted octanol–water partition coefficient (Wildman–Crippen LogP) is 3.84. The highest BCUT2D eigenvalue weighted by Crippen LogP contribution is 2.17. The molecule has 2 nitrogen and oxygen atoms in total. The molecule has 0 saturated carbocycles. The van der Waals surface area contributed by atoms with Gasteiger partial charge >= 0.3 is 0 Å². The Bertz CT molecular complexity index is 587. The first kappa shape index (κ1) is 15.0. The van der Waals surface area contributed by atoms with Gasteiger partial charge in [0.25, 0.3) is 0 Å². The van der Waals surface area contributed by atoms with E-state index >= 15 is 0 Å². The van der Waals surface area contributed by atoms with Crippen molar-refractivity contribution < 1.29 is 4.79 Å². The maximum absolute atomic E-state index is 12.6. The Hall–Kier alpha value is -2.35. The Morgan fingerprint density at radius 1 is 1.00 bits per heavy atom. The van der Waals surface area contributed by atoms with Crippen molar-refractivity contribution in [3.05, 3.63) is 78.0 Å². The van der Waals surface area contributed by atoms with E-state index in [0.29, 0.717) is 6.42 Å². The third kappa shape index (κ3) is 4.60. The van der Waals surface area contributed by atoms with E-state index < -0.39 is 0 Å². The summed E-state index contributed by atoms with van der Waals surface area (Å²) in [4.78, 5) is 12.6. The minimum absolute atomic E-state index is 0.135. The second kappa shape index (κ2) is 8.05. The number of nitrogens with one attached hydrogen (secondary N) is 1. The Balaban J connectivity index is 2.19. The number of allylic oxidation sites excluding steroid dienone is 1. The van der Waals surface area contributed by atoms with Gasteiger partial charge in [-0.3, -0.25) is 4.79 Å². The van der Waals surface area contributed by atoms with Crippen molar-refractivity contribution in [3.63, 3.8) is 0 Å². The molecular formula is C19H21NO. The average molecular weight is 279 g/mol. The largest absolute Gasteiger partial charge is 0.390 e. The van der Waals surface area contributed by atoms with Crippen molar-refractivity contribution >= 4 is 11.4 Å². The Morgan fingerprint density at radius 3 is 2.24 bits per heavy atom. The topological polar surface area (TPSA) is 29.1 Å². The first-order chi connectivity index (χ1) is 10.3. The summed E-state index contributed by atoms with van der Waals surface area (Å²) in [5, 5.41) is 3.22. The fourth-order valence-corrected chi connectivity index (χ4v) is 2.14. The van der Waals surface area contributed by atoms with Crippen molar-refractivity contribution in [2.24, 2.45) is 0 Å². The molecule has 2 aromatic carbocycles. The van der Waals surface area contributed by atoms with E-state index in [-0.39, 0.29) is 5.78 Å². The minimum Gasteiger partial charge on any atom is -0.390 e. The SMILES string of the molecule is CCCNC=C(C(=O)Cc1ccccc1)c1ccccc1. The number of hydrogen-bond donors (Lipinski definition) is 1. The van der Waals surface area contributed by atoms with Crippen LogP contribution in [0.25, 0.3) is 5.57 Å². The molecular weight excluding hydrogens is 258 g/mol. The van der Waals surface area contributed by atoms with Gasteiger partial charge in [-0.2, -0.15) is 0 Å². The summed E-state index contributed by atoms with van der Waals surface area (Å²) in [7, 11) is 0. The van der Waals surface area contributed by atoms with Gasteiger partial charge in [-0.15, -0.1) is 0 Å². The Morgan fingerprint density at radius 2 is 1.62 bits per heavy atom. The van der Waals surface area contributed by atoms with Crippen molar-refractivity contribution in [1.82, 2.24) is 5.32 Å². The minimum atomic E-state index is 0.135. The van der Waals surface area contributed by atoms with E-state index in [1.54, 1.807) is 0 Å². The van der Waals surface area contributed by atoms with Crippen LogP contribution in [0.5, 0.6) is 0 Å². The summed E-state index contributed by atoms with van der Waals surface area (Å²) in [6.07, 6.45) is 3.31. The zero-order valence-corrected chi connectivity index (χ0v) is 12.4.